The summed E-state index contributed by atoms with van der Waals surface area (Å²) >= 11 is 0. The first-order valence-electron chi connectivity index (χ1n) is 7.18. The number of nitrogen functional groups attached to an aromatic ring is 1. The van der Waals surface area contributed by atoms with Gasteiger partial charge in [0.05, 0.1) is 16.9 Å². The first-order chi connectivity index (χ1) is 10.0. The van der Waals surface area contributed by atoms with E-state index < -0.39 is 5.97 Å². The van der Waals surface area contributed by atoms with Crippen LogP contribution in [0.15, 0.2) is 18.2 Å². The number of nitrogens with two attached hydrogens (primary N) is 1. The number of carboxylic acid groups (broad SMARTS) is 1. The van der Waals surface area contributed by atoms with E-state index in [0.717, 1.165) is 18.5 Å². The Bertz CT molecular complexity index is 541. The van der Waals surface area contributed by atoms with Gasteiger partial charge in [0.15, 0.2) is 0 Å². The van der Waals surface area contributed by atoms with Gasteiger partial charge >= 0.3 is 5.97 Å². The van der Waals surface area contributed by atoms with Crippen LogP contribution in [0.1, 0.15) is 36.5 Å². The molecule has 0 aliphatic heterocycles. The highest BCUT2D eigenvalue weighted by Crippen LogP contribution is 2.25. The number of anilines is 2. The van der Waals surface area contributed by atoms with Crippen molar-refractivity contribution in [2.24, 2.45) is 0 Å². The molecule has 6 nitrogen and oxygen atoms in total. The van der Waals surface area contributed by atoms with Gasteiger partial charge in [-0.2, -0.15) is 0 Å². The summed E-state index contributed by atoms with van der Waals surface area (Å²) in [6.45, 7) is 3.24. The first-order valence-corrected chi connectivity index (χ1v) is 7.18. The molecule has 0 radical (unpaired) electrons. The number of hydrogen-bond donors (Lipinski definition) is 3. The summed E-state index contributed by atoms with van der Waals surface area (Å²) in [4.78, 5) is 24.6. The van der Waals surface area contributed by atoms with Gasteiger partial charge in [-0.05, 0) is 38.0 Å². The quantitative estimate of drug-likeness (QED) is 0.661. The molecular weight excluding hydrogens is 270 g/mol. The van der Waals surface area contributed by atoms with Gasteiger partial charge < -0.3 is 21.1 Å². The number of benzene rings is 1. The number of hydrogen-bond acceptors (Lipinski definition) is 4. The molecule has 0 bridgehead atoms. The molecular formula is C15H21N3O3. The summed E-state index contributed by atoms with van der Waals surface area (Å²) in [5.41, 5.74) is 7.27. The maximum absolute atomic E-state index is 11.7. The third kappa shape index (κ3) is 4.11. The molecule has 4 N–H and O–H groups in total. The lowest BCUT2D eigenvalue weighted by atomic mass is 10.1. The predicted molar refractivity (Wildman–Crippen MR) is 81.5 cm³/mol. The number of nitrogens with zero attached hydrogens (tertiary/aromatic N) is 1. The van der Waals surface area contributed by atoms with Gasteiger partial charge in [0.2, 0.25) is 5.91 Å². The van der Waals surface area contributed by atoms with Crippen molar-refractivity contribution in [3.63, 3.8) is 0 Å². The number of nitrogens with one attached hydrogen (secondary N) is 1. The summed E-state index contributed by atoms with van der Waals surface area (Å²) in [5, 5.41) is 11.9. The largest absolute Gasteiger partial charge is 0.478 e. The molecule has 1 saturated carbocycles. The van der Waals surface area contributed by atoms with E-state index in [-0.39, 0.29) is 11.5 Å². The number of carbonyl (C=O) groups excluding carboxylic acids is 1. The summed E-state index contributed by atoms with van der Waals surface area (Å²) < 4.78 is 0. The molecule has 0 saturated heterocycles. The monoisotopic (exact) mass is 291 g/mol. The molecule has 0 unspecified atom stereocenters. The van der Waals surface area contributed by atoms with Crippen LogP contribution in [0.3, 0.4) is 0 Å². The molecule has 1 amide bonds. The second kappa shape index (κ2) is 6.47. The van der Waals surface area contributed by atoms with Crippen LogP contribution in [0.5, 0.6) is 0 Å². The molecule has 21 heavy (non-hydrogen) atoms. The number of aromatic carboxylic acids is 1. The van der Waals surface area contributed by atoms with Crippen molar-refractivity contribution in [3.05, 3.63) is 23.8 Å². The number of carboxylic acids is 1. The summed E-state index contributed by atoms with van der Waals surface area (Å²) in [6.07, 6.45) is 2.56. The maximum atomic E-state index is 11.7. The van der Waals surface area contributed by atoms with Crippen molar-refractivity contribution in [3.8, 4) is 0 Å². The lowest BCUT2D eigenvalue weighted by Gasteiger charge is -2.24. The minimum atomic E-state index is -1.000. The first kappa shape index (κ1) is 15.2. The molecule has 1 aliphatic rings. The van der Waals surface area contributed by atoms with Crippen LogP contribution in [0.2, 0.25) is 0 Å². The Kier molecular flexibility index (Phi) is 4.67. The van der Waals surface area contributed by atoms with E-state index in [1.807, 2.05) is 11.8 Å². The molecule has 1 aliphatic carbocycles. The standard InChI is InChI=1S/C15H21N3O3/c1-2-18(8-7-14(19)17-11-4-5-11)13-6-3-10(15(20)21)9-12(13)16/h3,6,9,11H,2,4-5,7-8,16H2,1H3,(H,17,19)(H,20,21). The highest BCUT2D eigenvalue weighted by molar-refractivity contribution is 5.90. The maximum Gasteiger partial charge on any atom is 0.335 e. The van der Waals surface area contributed by atoms with Crippen molar-refractivity contribution in [2.45, 2.75) is 32.2 Å². The molecule has 2 rings (SSSR count). The van der Waals surface area contributed by atoms with Gasteiger partial charge in [0, 0.05) is 25.6 Å². The zero-order valence-electron chi connectivity index (χ0n) is 12.1. The zero-order chi connectivity index (χ0) is 15.4. The molecule has 114 valence electrons. The topological polar surface area (TPSA) is 95.7 Å². The van der Waals surface area contributed by atoms with Crippen LogP contribution in [0.25, 0.3) is 0 Å². The number of amides is 1. The lowest BCUT2D eigenvalue weighted by Crippen LogP contribution is -2.32. The normalized spacial score (nSPS) is 13.8. The van der Waals surface area contributed by atoms with Crippen LogP contribution < -0.4 is 16.0 Å². The zero-order valence-corrected chi connectivity index (χ0v) is 12.1. The van der Waals surface area contributed by atoms with Gasteiger partial charge in [-0.3, -0.25) is 4.79 Å². The second-order valence-corrected chi connectivity index (χ2v) is 5.25. The Hall–Kier alpha value is -2.24. The van der Waals surface area contributed by atoms with E-state index in [1.54, 1.807) is 6.07 Å². The molecule has 1 fully saturated rings. The molecule has 0 heterocycles. The fraction of sp³-hybridized carbons (Fsp3) is 0.467. The van der Waals surface area contributed by atoms with Crippen molar-refractivity contribution in [1.29, 1.82) is 0 Å². The van der Waals surface area contributed by atoms with E-state index in [1.165, 1.54) is 12.1 Å². The minimum Gasteiger partial charge on any atom is -0.478 e. The summed E-state index contributed by atoms with van der Waals surface area (Å²) in [6, 6.07) is 5.04. The van der Waals surface area contributed by atoms with E-state index in [0.29, 0.717) is 31.2 Å². The van der Waals surface area contributed by atoms with Crippen LogP contribution >= 0.6 is 0 Å². The summed E-state index contributed by atoms with van der Waals surface area (Å²) in [5.74, 6) is -0.947. The van der Waals surface area contributed by atoms with Crippen LogP contribution in [0.4, 0.5) is 11.4 Å². The molecule has 1 aromatic rings. The SMILES string of the molecule is CCN(CCC(=O)NC1CC1)c1ccc(C(=O)O)cc1N. The number of rotatable bonds is 7. The Balaban J connectivity index is 1.99. The van der Waals surface area contributed by atoms with E-state index in [9.17, 15) is 9.59 Å². The van der Waals surface area contributed by atoms with Gasteiger partial charge in [-0.15, -0.1) is 0 Å². The van der Waals surface area contributed by atoms with E-state index >= 15 is 0 Å². The van der Waals surface area contributed by atoms with Gasteiger partial charge in [0.25, 0.3) is 0 Å². The highest BCUT2D eigenvalue weighted by Gasteiger charge is 2.23. The van der Waals surface area contributed by atoms with Crippen molar-refractivity contribution < 1.29 is 14.7 Å². The van der Waals surface area contributed by atoms with Crippen molar-refractivity contribution >= 4 is 23.3 Å². The Morgan fingerprint density at radius 3 is 2.67 bits per heavy atom. The van der Waals surface area contributed by atoms with Crippen molar-refractivity contribution in [1.82, 2.24) is 5.32 Å². The lowest BCUT2D eigenvalue weighted by molar-refractivity contribution is -0.121. The highest BCUT2D eigenvalue weighted by atomic mass is 16.4. The van der Waals surface area contributed by atoms with E-state index in [4.69, 9.17) is 10.8 Å². The predicted octanol–water partition coefficient (Wildman–Crippen LogP) is 1.46. The Labute approximate surface area is 123 Å². The van der Waals surface area contributed by atoms with Crippen LogP contribution in [-0.2, 0) is 4.79 Å². The van der Waals surface area contributed by atoms with Gasteiger partial charge in [0.1, 0.15) is 0 Å². The molecule has 1 aromatic carbocycles. The molecule has 0 atom stereocenters. The van der Waals surface area contributed by atoms with E-state index in [2.05, 4.69) is 5.32 Å². The second-order valence-electron chi connectivity index (χ2n) is 5.25. The van der Waals surface area contributed by atoms with Gasteiger partial charge in [-0.1, -0.05) is 0 Å². The molecule has 0 spiro atoms. The third-order valence-corrected chi connectivity index (χ3v) is 3.55. The summed E-state index contributed by atoms with van der Waals surface area (Å²) in [7, 11) is 0. The fourth-order valence-electron chi connectivity index (χ4n) is 2.19. The fourth-order valence-corrected chi connectivity index (χ4v) is 2.19. The van der Waals surface area contributed by atoms with Crippen LogP contribution in [0, 0.1) is 0 Å². The van der Waals surface area contributed by atoms with Gasteiger partial charge in [-0.25, -0.2) is 4.79 Å². The molecule has 0 aromatic heterocycles. The average molecular weight is 291 g/mol. The Morgan fingerprint density at radius 1 is 1.43 bits per heavy atom. The van der Waals surface area contributed by atoms with Crippen molar-refractivity contribution in [2.75, 3.05) is 23.7 Å². The third-order valence-electron chi connectivity index (χ3n) is 3.55. The Morgan fingerprint density at radius 2 is 2.14 bits per heavy atom. The molecule has 6 heteroatoms. The number of carbonyl (C=O) groups is 2. The minimum absolute atomic E-state index is 0.0525. The van der Waals surface area contributed by atoms with Crippen LogP contribution in [-0.4, -0.2) is 36.1 Å². The average Bonchev–Trinajstić information content (AvgIpc) is 3.24. The smallest absolute Gasteiger partial charge is 0.335 e.